The van der Waals surface area contributed by atoms with Crippen molar-refractivity contribution in [2.75, 3.05) is 0 Å². The third-order valence-electron chi connectivity index (χ3n) is 2.86. The summed E-state index contributed by atoms with van der Waals surface area (Å²) in [6.07, 6.45) is -3.63. The van der Waals surface area contributed by atoms with Crippen molar-refractivity contribution < 1.29 is 27.9 Å². The van der Waals surface area contributed by atoms with Crippen molar-refractivity contribution in [2.24, 2.45) is 0 Å². The second-order valence-electron chi connectivity index (χ2n) is 4.33. The zero-order chi connectivity index (χ0) is 16.0. The molecular formula is C14H14F3NO3. The Hall–Kier alpha value is -2.31. The van der Waals surface area contributed by atoms with Crippen LogP contribution in [0.4, 0.5) is 13.2 Å². The summed E-state index contributed by atoms with van der Waals surface area (Å²) in [5.41, 5.74) is 0.507. The van der Waals surface area contributed by atoms with Crippen LogP contribution >= 0.6 is 0 Å². The highest BCUT2D eigenvalue weighted by molar-refractivity contribution is 5.87. The molecule has 1 rings (SSSR count). The summed E-state index contributed by atoms with van der Waals surface area (Å²) >= 11 is 0. The molecule has 0 bridgehead atoms. The molecule has 21 heavy (non-hydrogen) atoms. The molecule has 1 aromatic rings. The molecule has 0 heterocycles. The lowest BCUT2D eigenvalue weighted by Crippen LogP contribution is -2.49. The van der Waals surface area contributed by atoms with Crippen LogP contribution in [0, 0.1) is 0 Å². The Labute approximate surface area is 119 Å². The smallest absolute Gasteiger partial charge is 0.471 e. The van der Waals surface area contributed by atoms with Gasteiger partial charge in [0.15, 0.2) is 0 Å². The molecule has 114 valence electrons. The molecule has 0 saturated heterocycles. The molecule has 0 fully saturated rings. The van der Waals surface area contributed by atoms with Gasteiger partial charge in [0, 0.05) is 5.92 Å². The largest absolute Gasteiger partial charge is 0.480 e. The highest BCUT2D eigenvalue weighted by Gasteiger charge is 2.42. The quantitative estimate of drug-likeness (QED) is 0.793. The van der Waals surface area contributed by atoms with Crippen molar-refractivity contribution in [3.63, 3.8) is 0 Å². The predicted molar refractivity (Wildman–Crippen MR) is 69.6 cm³/mol. The molecular weight excluding hydrogens is 287 g/mol. The van der Waals surface area contributed by atoms with Gasteiger partial charge >= 0.3 is 18.1 Å². The molecule has 4 nitrogen and oxygen atoms in total. The van der Waals surface area contributed by atoms with E-state index in [0.29, 0.717) is 5.56 Å². The molecule has 0 radical (unpaired) electrons. The van der Waals surface area contributed by atoms with E-state index in [1.54, 1.807) is 30.3 Å². The summed E-state index contributed by atoms with van der Waals surface area (Å²) in [6, 6.07) is 6.44. The first-order valence-electron chi connectivity index (χ1n) is 6.03. The zero-order valence-corrected chi connectivity index (χ0v) is 10.9. The van der Waals surface area contributed by atoms with Crippen molar-refractivity contribution in [2.45, 2.75) is 24.6 Å². The number of carbonyl (C=O) groups is 2. The fraction of sp³-hybridized carbons (Fsp3) is 0.286. The summed E-state index contributed by atoms with van der Waals surface area (Å²) in [5, 5.41) is 10.7. The van der Waals surface area contributed by atoms with Gasteiger partial charge < -0.3 is 10.4 Å². The maximum Gasteiger partial charge on any atom is 0.471 e. The van der Waals surface area contributed by atoms with Gasteiger partial charge in [0.2, 0.25) is 0 Å². The molecule has 0 aromatic heterocycles. The van der Waals surface area contributed by atoms with E-state index in [4.69, 9.17) is 5.11 Å². The SMILES string of the molecule is C=CC[C@@H](c1ccccc1)[C@H](NC(=O)C(F)(F)F)C(=O)O. The van der Waals surface area contributed by atoms with Crippen LogP contribution in [0.3, 0.4) is 0 Å². The second kappa shape index (κ2) is 6.92. The number of carboxylic acids is 1. The Balaban J connectivity index is 3.07. The molecule has 7 heteroatoms. The number of hydrogen-bond donors (Lipinski definition) is 2. The second-order valence-corrected chi connectivity index (χ2v) is 4.33. The van der Waals surface area contributed by atoms with Crippen molar-refractivity contribution in [3.8, 4) is 0 Å². The van der Waals surface area contributed by atoms with E-state index < -0.39 is 30.0 Å². The number of hydrogen-bond acceptors (Lipinski definition) is 2. The van der Waals surface area contributed by atoms with Gasteiger partial charge in [-0.05, 0) is 12.0 Å². The van der Waals surface area contributed by atoms with E-state index in [1.807, 2.05) is 0 Å². The fourth-order valence-corrected chi connectivity index (χ4v) is 1.90. The lowest BCUT2D eigenvalue weighted by atomic mass is 9.88. The van der Waals surface area contributed by atoms with Crippen LogP contribution < -0.4 is 5.32 Å². The fourth-order valence-electron chi connectivity index (χ4n) is 1.90. The van der Waals surface area contributed by atoms with Crippen LogP contribution in [0.25, 0.3) is 0 Å². The topological polar surface area (TPSA) is 66.4 Å². The first-order valence-corrected chi connectivity index (χ1v) is 6.03. The minimum absolute atomic E-state index is 0.110. The average molecular weight is 301 g/mol. The van der Waals surface area contributed by atoms with Gasteiger partial charge in [-0.25, -0.2) is 4.79 Å². The van der Waals surface area contributed by atoms with E-state index in [1.165, 1.54) is 11.4 Å². The molecule has 0 spiro atoms. The normalized spacial score (nSPS) is 14.0. The van der Waals surface area contributed by atoms with Crippen molar-refractivity contribution >= 4 is 11.9 Å². The van der Waals surface area contributed by atoms with Crippen LogP contribution in [-0.2, 0) is 9.59 Å². The lowest BCUT2D eigenvalue weighted by molar-refractivity contribution is -0.175. The number of benzene rings is 1. The van der Waals surface area contributed by atoms with Gasteiger partial charge in [0.25, 0.3) is 0 Å². The van der Waals surface area contributed by atoms with E-state index in [9.17, 15) is 22.8 Å². The monoisotopic (exact) mass is 301 g/mol. The number of alkyl halides is 3. The molecule has 0 aliphatic rings. The van der Waals surface area contributed by atoms with E-state index in [2.05, 4.69) is 6.58 Å². The number of aliphatic carboxylic acids is 1. The third-order valence-corrected chi connectivity index (χ3v) is 2.86. The van der Waals surface area contributed by atoms with Gasteiger partial charge in [-0.2, -0.15) is 13.2 Å². The van der Waals surface area contributed by atoms with Gasteiger partial charge in [-0.15, -0.1) is 6.58 Å². The zero-order valence-electron chi connectivity index (χ0n) is 10.9. The minimum Gasteiger partial charge on any atom is -0.480 e. The van der Waals surface area contributed by atoms with Crippen LogP contribution in [0.5, 0.6) is 0 Å². The van der Waals surface area contributed by atoms with Gasteiger partial charge in [-0.1, -0.05) is 36.4 Å². The number of allylic oxidation sites excluding steroid dienone is 1. The number of halogens is 3. The Morgan fingerprint density at radius 3 is 2.29 bits per heavy atom. The molecule has 0 saturated carbocycles. The summed E-state index contributed by atoms with van der Waals surface area (Å²) in [4.78, 5) is 22.2. The van der Waals surface area contributed by atoms with E-state index in [-0.39, 0.29) is 6.42 Å². The van der Waals surface area contributed by atoms with Crippen molar-refractivity contribution in [1.82, 2.24) is 5.32 Å². The van der Waals surface area contributed by atoms with Crippen molar-refractivity contribution in [1.29, 1.82) is 0 Å². The maximum atomic E-state index is 12.3. The number of amides is 1. The molecule has 0 aliphatic carbocycles. The molecule has 2 atom stereocenters. The van der Waals surface area contributed by atoms with Crippen LogP contribution in [0.1, 0.15) is 17.9 Å². The Kier molecular flexibility index (Phi) is 5.52. The first kappa shape index (κ1) is 16.7. The third kappa shape index (κ3) is 4.62. The number of carboxylic acid groups (broad SMARTS) is 1. The predicted octanol–water partition coefficient (Wildman–Crippen LogP) is 2.48. The minimum atomic E-state index is -5.14. The number of carbonyl (C=O) groups excluding carboxylic acids is 1. The molecule has 2 N–H and O–H groups in total. The molecule has 0 unspecified atom stereocenters. The number of rotatable bonds is 6. The van der Waals surface area contributed by atoms with Crippen LogP contribution in [-0.4, -0.2) is 29.2 Å². The van der Waals surface area contributed by atoms with Crippen LogP contribution in [0.15, 0.2) is 43.0 Å². The maximum absolute atomic E-state index is 12.3. The van der Waals surface area contributed by atoms with Gasteiger partial charge in [0.1, 0.15) is 6.04 Å². The number of nitrogens with one attached hydrogen (secondary N) is 1. The molecule has 1 amide bonds. The Bertz CT molecular complexity index is 514. The van der Waals surface area contributed by atoms with E-state index >= 15 is 0 Å². The molecule has 0 aliphatic heterocycles. The van der Waals surface area contributed by atoms with Gasteiger partial charge in [0.05, 0.1) is 0 Å². The van der Waals surface area contributed by atoms with E-state index in [0.717, 1.165) is 0 Å². The first-order chi connectivity index (χ1) is 9.77. The molecule has 1 aromatic carbocycles. The summed E-state index contributed by atoms with van der Waals surface area (Å²) in [7, 11) is 0. The van der Waals surface area contributed by atoms with Crippen LogP contribution in [0.2, 0.25) is 0 Å². The van der Waals surface area contributed by atoms with Gasteiger partial charge in [-0.3, -0.25) is 4.79 Å². The standard InChI is InChI=1S/C14H14F3NO3/c1-2-6-10(9-7-4-3-5-8-9)11(12(19)20)18-13(21)14(15,16)17/h2-5,7-8,10-11H,1,6H2,(H,18,21)(H,19,20)/t10-,11-/m0/s1. The highest BCUT2D eigenvalue weighted by atomic mass is 19.4. The summed E-state index contributed by atoms with van der Waals surface area (Å²) in [5.74, 6) is -4.66. The summed E-state index contributed by atoms with van der Waals surface area (Å²) in [6.45, 7) is 3.47. The van der Waals surface area contributed by atoms with Crippen molar-refractivity contribution in [3.05, 3.63) is 48.6 Å². The highest BCUT2D eigenvalue weighted by Crippen LogP contribution is 2.25. The Morgan fingerprint density at radius 1 is 1.29 bits per heavy atom. The Morgan fingerprint density at radius 2 is 1.86 bits per heavy atom. The summed E-state index contributed by atoms with van der Waals surface area (Å²) < 4.78 is 36.9. The average Bonchev–Trinajstić information content (AvgIpc) is 2.42. The lowest BCUT2D eigenvalue weighted by Gasteiger charge is -2.24.